The Morgan fingerprint density at radius 1 is 1.31 bits per heavy atom. The van der Waals surface area contributed by atoms with Gasteiger partial charge in [-0.05, 0) is 43.6 Å². The molecule has 1 aliphatic rings. The summed E-state index contributed by atoms with van der Waals surface area (Å²) in [6.45, 7) is 4.69. The molecule has 1 nitrogen and oxygen atoms in total. The van der Waals surface area contributed by atoms with Crippen molar-refractivity contribution in [2.45, 2.75) is 58.0 Å². The Bertz CT molecular complexity index is 294. The van der Waals surface area contributed by atoms with Crippen LogP contribution in [0.15, 0.2) is 17.5 Å². The van der Waals surface area contributed by atoms with Crippen LogP contribution in [0, 0.1) is 5.92 Å². The molecule has 1 heterocycles. The standard InChI is InChI=1S/C14H23NS/c1-11-5-3-6-13(9-8-11)15-12(2)14-7-4-10-16-14/h4,7,10-13,15H,3,5-6,8-9H2,1-2H3/t11?,12-,13?/m1/s1. The zero-order valence-corrected chi connectivity index (χ0v) is 11.2. The molecular formula is C14H23NS. The maximum Gasteiger partial charge on any atom is 0.0388 e. The van der Waals surface area contributed by atoms with Crippen LogP contribution >= 0.6 is 11.3 Å². The normalized spacial score (nSPS) is 28.6. The second-order valence-corrected chi connectivity index (χ2v) is 6.19. The minimum Gasteiger partial charge on any atom is -0.307 e. The van der Waals surface area contributed by atoms with Crippen molar-refractivity contribution in [2.75, 3.05) is 0 Å². The van der Waals surface area contributed by atoms with Gasteiger partial charge in [-0.3, -0.25) is 0 Å². The summed E-state index contributed by atoms with van der Waals surface area (Å²) in [5.74, 6) is 0.934. The predicted octanol–water partition coefficient (Wildman–Crippen LogP) is 4.37. The topological polar surface area (TPSA) is 12.0 Å². The molecule has 1 aromatic rings. The van der Waals surface area contributed by atoms with Crippen molar-refractivity contribution in [1.29, 1.82) is 0 Å². The van der Waals surface area contributed by atoms with Crippen LogP contribution in [0.4, 0.5) is 0 Å². The Morgan fingerprint density at radius 3 is 2.94 bits per heavy atom. The van der Waals surface area contributed by atoms with Crippen molar-refractivity contribution in [1.82, 2.24) is 5.32 Å². The Kier molecular flexibility index (Phi) is 4.42. The molecule has 0 amide bonds. The van der Waals surface area contributed by atoms with Gasteiger partial charge < -0.3 is 5.32 Å². The van der Waals surface area contributed by atoms with E-state index in [0.717, 1.165) is 12.0 Å². The molecule has 0 aliphatic heterocycles. The third-order valence-electron chi connectivity index (χ3n) is 3.71. The van der Waals surface area contributed by atoms with Crippen molar-refractivity contribution < 1.29 is 0 Å². The molecule has 2 unspecified atom stereocenters. The zero-order valence-electron chi connectivity index (χ0n) is 10.4. The molecule has 1 aliphatic carbocycles. The van der Waals surface area contributed by atoms with Crippen molar-refractivity contribution in [3.05, 3.63) is 22.4 Å². The summed E-state index contributed by atoms with van der Waals surface area (Å²) >= 11 is 1.86. The van der Waals surface area contributed by atoms with E-state index < -0.39 is 0 Å². The highest BCUT2D eigenvalue weighted by Crippen LogP contribution is 2.25. The Hall–Kier alpha value is -0.340. The molecule has 0 saturated heterocycles. The SMILES string of the molecule is CC1CCCC(N[C@H](C)c2cccs2)CC1. The molecule has 0 bridgehead atoms. The summed E-state index contributed by atoms with van der Waals surface area (Å²) in [6.07, 6.45) is 6.94. The van der Waals surface area contributed by atoms with Crippen molar-refractivity contribution in [3.8, 4) is 0 Å². The van der Waals surface area contributed by atoms with E-state index in [1.165, 1.54) is 37.0 Å². The molecule has 3 atom stereocenters. The molecular weight excluding hydrogens is 214 g/mol. The molecule has 90 valence electrons. The first-order valence-corrected chi connectivity index (χ1v) is 7.43. The molecule has 0 aromatic carbocycles. The molecule has 2 heteroatoms. The smallest absolute Gasteiger partial charge is 0.0388 e. The number of rotatable bonds is 3. The lowest BCUT2D eigenvalue weighted by molar-refractivity contribution is 0.411. The van der Waals surface area contributed by atoms with Gasteiger partial charge in [0, 0.05) is 17.0 Å². The van der Waals surface area contributed by atoms with Crippen LogP contribution in [0.5, 0.6) is 0 Å². The van der Waals surface area contributed by atoms with E-state index in [1.54, 1.807) is 0 Å². The average Bonchev–Trinajstić information content (AvgIpc) is 2.72. The first-order chi connectivity index (χ1) is 7.75. The molecule has 1 saturated carbocycles. The molecule has 16 heavy (non-hydrogen) atoms. The Balaban J connectivity index is 1.84. The van der Waals surface area contributed by atoms with E-state index in [2.05, 4.69) is 36.7 Å². The highest BCUT2D eigenvalue weighted by Gasteiger charge is 2.18. The average molecular weight is 237 g/mol. The lowest BCUT2D eigenvalue weighted by Crippen LogP contribution is -2.30. The summed E-state index contributed by atoms with van der Waals surface area (Å²) < 4.78 is 0. The van der Waals surface area contributed by atoms with Gasteiger partial charge in [0.05, 0.1) is 0 Å². The van der Waals surface area contributed by atoms with Gasteiger partial charge in [-0.2, -0.15) is 0 Å². The van der Waals surface area contributed by atoms with E-state index in [-0.39, 0.29) is 0 Å². The molecule has 1 fully saturated rings. The number of nitrogens with one attached hydrogen (secondary N) is 1. The Morgan fingerprint density at radius 2 is 2.19 bits per heavy atom. The lowest BCUT2D eigenvalue weighted by atomic mass is 10.0. The van der Waals surface area contributed by atoms with E-state index in [1.807, 2.05) is 11.3 Å². The summed E-state index contributed by atoms with van der Waals surface area (Å²) in [6, 6.07) is 5.65. The van der Waals surface area contributed by atoms with Crippen molar-refractivity contribution in [3.63, 3.8) is 0 Å². The highest BCUT2D eigenvalue weighted by atomic mass is 32.1. The summed E-state index contributed by atoms with van der Waals surface area (Å²) in [5.41, 5.74) is 0. The van der Waals surface area contributed by atoms with E-state index >= 15 is 0 Å². The first-order valence-electron chi connectivity index (χ1n) is 6.55. The van der Waals surface area contributed by atoms with Gasteiger partial charge in [-0.1, -0.05) is 25.8 Å². The van der Waals surface area contributed by atoms with Crippen LogP contribution in [0.25, 0.3) is 0 Å². The second-order valence-electron chi connectivity index (χ2n) is 5.21. The fraction of sp³-hybridized carbons (Fsp3) is 0.714. The van der Waals surface area contributed by atoms with Gasteiger partial charge >= 0.3 is 0 Å². The molecule has 2 rings (SSSR count). The third-order valence-corrected chi connectivity index (χ3v) is 4.77. The fourth-order valence-corrected chi connectivity index (χ4v) is 3.37. The highest BCUT2D eigenvalue weighted by molar-refractivity contribution is 7.10. The minimum absolute atomic E-state index is 0.526. The fourth-order valence-electron chi connectivity index (χ4n) is 2.63. The summed E-state index contributed by atoms with van der Waals surface area (Å²) in [7, 11) is 0. The van der Waals surface area contributed by atoms with E-state index in [9.17, 15) is 0 Å². The van der Waals surface area contributed by atoms with Gasteiger partial charge in [0.1, 0.15) is 0 Å². The van der Waals surface area contributed by atoms with Crippen molar-refractivity contribution in [2.24, 2.45) is 5.92 Å². The zero-order chi connectivity index (χ0) is 11.4. The maximum atomic E-state index is 3.79. The maximum absolute atomic E-state index is 3.79. The number of thiophene rings is 1. The van der Waals surface area contributed by atoms with Crippen molar-refractivity contribution >= 4 is 11.3 Å². The van der Waals surface area contributed by atoms with Gasteiger partial charge in [0.25, 0.3) is 0 Å². The lowest BCUT2D eigenvalue weighted by Gasteiger charge is -2.21. The van der Waals surface area contributed by atoms with E-state index in [4.69, 9.17) is 0 Å². The molecule has 1 aromatic heterocycles. The molecule has 0 spiro atoms. The van der Waals surface area contributed by atoms with Crippen LogP contribution in [-0.2, 0) is 0 Å². The van der Waals surface area contributed by atoms with Gasteiger partial charge in [-0.15, -0.1) is 11.3 Å². The quantitative estimate of drug-likeness (QED) is 0.770. The summed E-state index contributed by atoms with van der Waals surface area (Å²) in [5, 5.41) is 5.96. The van der Waals surface area contributed by atoms with Crippen LogP contribution in [-0.4, -0.2) is 6.04 Å². The minimum atomic E-state index is 0.526. The van der Waals surface area contributed by atoms with Gasteiger partial charge in [0.15, 0.2) is 0 Å². The number of hydrogen-bond donors (Lipinski definition) is 1. The Labute approximate surface area is 103 Å². The van der Waals surface area contributed by atoms with Crippen LogP contribution in [0.1, 0.15) is 56.9 Å². The molecule has 1 N–H and O–H groups in total. The first kappa shape index (κ1) is 12.1. The monoisotopic (exact) mass is 237 g/mol. The van der Waals surface area contributed by atoms with Gasteiger partial charge in [0.2, 0.25) is 0 Å². The summed E-state index contributed by atoms with van der Waals surface area (Å²) in [4.78, 5) is 1.47. The molecule has 0 radical (unpaired) electrons. The predicted molar refractivity (Wildman–Crippen MR) is 71.9 cm³/mol. The van der Waals surface area contributed by atoms with Gasteiger partial charge in [-0.25, -0.2) is 0 Å². The van der Waals surface area contributed by atoms with Crippen LogP contribution in [0.2, 0.25) is 0 Å². The van der Waals surface area contributed by atoms with E-state index in [0.29, 0.717) is 6.04 Å². The second kappa shape index (κ2) is 5.83. The largest absolute Gasteiger partial charge is 0.307 e. The van der Waals surface area contributed by atoms with Crippen LogP contribution in [0.3, 0.4) is 0 Å². The number of hydrogen-bond acceptors (Lipinski definition) is 2. The van der Waals surface area contributed by atoms with Crippen LogP contribution < -0.4 is 5.32 Å². The third kappa shape index (κ3) is 3.33.